The van der Waals surface area contributed by atoms with Crippen molar-refractivity contribution in [2.45, 2.75) is 30.7 Å². The fourth-order valence-corrected chi connectivity index (χ4v) is 3.01. The number of carboxylic acid groups (broad SMARTS) is 1. The van der Waals surface area contributed by atoms with E-state index in [2.05, 4.69) is 0 Å². The van der Waals surface area contributed by atoms with Crippen LogP contribution in [-0.2, 0) is 14.8 Å². The van der Waals surface area contributed by atoms with Crippen molar-refractivity contribution in [2.24, 2.45) is 0 Å². The summed E-state index contributed by atoms with van der Waals surface area (Å²) in [7, 11) is -3.98. The maximum Gasteiger partial charge on any atom is 0.322 e. The molecule has 1 aliphatic rings. The Bertz CT molecular complexity index is 426. The van der Waals surface area contributed by atoms with Crippen LogP contribution in [0.3, 0.4) is 0 Å². The Morgan fingerprint density at radius 3 is 2.62 bits per heavy atom. The van der Waals surface area contributed by atoms with Crippen LogP contribution in [0.1, 0.15) is 13.3 Å². The Morgan fingerprint density at radius 2 is 2.19 bits per heavy atom. The molecule has 0 aromatic rings. The van der Waals surface area contributed by atoms with Crippen LogP contribution in [0.4, 0.5) is 0 Å². The van der Waals surface area contributed by atoms with Crippen LogP contribution in [0, 0.1) is 11.3 Å². The van der Waals surface area contributed by atoms with Gasteiger partial charge in [0.25, 0.3) is 0 Å². The highest BCUT2D eigenvalue weighted by Crippen LogP contribution is 2.24. The minimum Gasteiger partial charge on any atom is -0.480 e. The molecule has 0 radical (unpaired) electrons. The molecule has 1 rings (SSSR count). The molecule has 0 amide bonds. The lowest BCUT2D eigenvalue weighted by Gasteiger charge is -2.21. The van der Waals surface area contributed by atoms with Gasteiger partial charge in [0.15, 0.2) is 5.25 Å². The molecule has 8 heteroatoms. The number of carboxylic acids is 1. The van der Waals surface area contributed by atoms with Crippen LogP contribution in [0.2, 0.25) is 0 Å². The molecule has 1 aliphatic heterocycles. The van der Waals surface area contributed by atoms with Gasteiger partial charge in [0.05, 0.1) is 12.2 Å². The van der Waals surface area contributed by atoms with Crippen LogP contribution in [0.5, 0.6) is 0 Å². The molecule has 0 bridgehead atoms. The van der Waals surface area contributed by atoms with E-state index in [1.807, 2.05) is 0 Å². The third-order valence-electron chi connectivity index (χ3n) is 2.47. The number of nitrogens with zero attached hydrogens (tertiary/aromatic N) is 2. The van der Waals surface area contributed by atoms with E-state index in [1.54, 1.807) is 6.07 Å². The van der Waals surface area contributed by atoms with Crippen LogP contribution in [0.25, 0.3) is 0 Å². The summed E-state index contributed by atoms with van der Waals surface area (Å²) in [5.41, 5.74) is 0. The molecule has 0 aromatic heterocycles. The third-order valence-corrected chi connectivity index (χ3v) is 4.53. The molecule has 0 aromatic carbocycles. The van der Waals surface area contributed by atoms with E-state index in [1.165, 1.54) is 6.92 Å². The van der Waals surface area contributed by atoms with Crippen LogP contribution < -0.4 is 0 Å². The summed E-state index contributed by atoms with van der Waals surface area (Å²) in [6.07, 6.45) is -1.14. The second-order valence-electron chi connectivity index (χ2n) is 3.63. The number of rotatable bonds is 3. The molecule has 90 valence electrons. The Labute approximate surface area is 93.0 Å². The number of hydrogen-bond acceptors (Lipinski definition) is 5. The maximum atomic E-state index is 11.8. The van der Waals surface area contributed by atoms with Crippen molar-refractivity contribution in [1.29, 1.82) is 5.26 Å². The van der Waals surface area contributed by atoms with Crippen molar-refractivity contribution < 1.29 is 23.4 Å². The molecule has 1 saturated heterocycles. The zero-order valence-electron chi connectivity index (χ0n) is 8.57. The number of nitriles is 1. The van der Waals surface area contributed by atoms with Crippen LogP contribution >= 0.6 is 0 Å². The zero-order chi connectivity index (χ0) is 12.5. The maximum absolute atomic E-state index is 11.8. The highest BCUT2D eigenvalue weighted by molar-refractivity contribution is 7.90. The Balaban J connectivity index is 3.04. The van der Waals surface area contributed by atoms with Gasteiger partial charge in [0, 0.05) is 13.0 Å². The summed E-state index contributed by atoms with van der Waals surface area (Å²) in [6, 6.07) is 0.271. The highest BCUT2D eigenvalue weighted by Gasteiger charge is 2.44. The van der Waals surface area contributed by atoms with Gasteiger partial charge in [-0.1, -0.05) is 0 Å². The van der Waals surface area contributed by atoms with Gasteiger partial charge in [0.2, 0.25) is 10.0 Å². The predicted octanol–water partition coefficient (Wildman–Crippen LogP) is -1.25. The molecule has 0 aliphatic carbocycles. The fourth-order valence-electron chi connectivity index (χ4n) is 1.56. The van der Waals surface area contributed by atoms with Crippen molar-refractivity contribution in [2.75, 3.05) is 6.54 Å². The van der Waals surface area contributed by atoms with Crippen molar-refractivity contribution in [1.82, 2.24) is 4.31 Å². The van der Waals surface area contributed by atoms with Crippen molar-refractivity contribution in [3.8, 4) is 6.07 Å². The zero-order valence-corrected chi connectivity index (χ0v) is 9.38. The minimum atomic E-state index is -3.98. The topological polar surface area (TPSA) is 119 Å². The van der Waals surface area contributed by atoms with E-state index in [-0.39, 0.29) is 13.0 Å². The first kappa shape index (κ1) is 12.9. The first-order valence-corrected chi connectivity index (χ1v) is 6.12. The molecule has 1 heterocycles. The summed E-state index contributed by atoms with van der Waals surface area (Å²) in [5, 5.41) is 25.3. The van der Waals surface area contributed by atoms with E-state index in [0.29, 0.717) is 4.31 Å². The molecular weight excluding hydrogens is 236 g/mol. The smallest absolute Gasteiger partial charge is 0.322 e. The lowest BCUT2D eigenvalue weighted by molar-refractivity contribution is -0.140. The van der Waals surface area contributed by atoms with Crippen molar-refractivity contribution >= 4 is 16.0 Å². The first-order chi connectivity index (χ1) is 7.30. The van der Waals surface area contributed by atoms with Gasteiger partial charge in [-0.05, 0) is 6.92 Å². The quantitative estimate of drug-likeness (QED) is 0.644. The van der Waals surface area contributed by atoms with Gasteiger partial charge in [-0.15, -0.1) is 0 Å². The Morgan fingerprint density at radius 1 is 1.62 bits per heavy atom. The minimum absolute atomic E-state index is 0.146. The number of sulfonamides is 1. The predicted molar refractivity (Wildman–Crippen MR) is 52.7 cm³/mol. The molecule has 7 nitrogen and oxygen atoms in total. The summed E-state index contributed by atoms with van der Waals surface area (Å²) in [6.45, 7) is 0.907. The van der Waals surface area contributed by atoms with E-state index in [9.17, 15) is 18.3 Å². The normalized spacial score (nSPS) is 28.6. The van der Waals surface area contributed by atoms with Gasteiger partial charge in [0.1, 0.15) is 6.04 Å². The van der Waals surface area contributed by atoms with E-state index in [4.69, 9.17) is 10.4 Å². The average Bonchev–Trinajstić information content (AvgIpc) is 2.59. The van der Waals surface area contributed by atoms with Crippen molar-refractivity contribution in [3.63, 3.8) is 0 Å². The van der Waals surface area contributed by atoms with Crippen molar-refractivity contribution in [3.05, 3.63) is 0 Å². The standard InChI is InChI=1S/C8H12N2O5S/c1-5(3-9)16(14,15)10-4-6(11)2-7(10)8(12)13/h5-7,11H,2,4H2,1H3,(H,12,13). The van der Waals surface area contributed by atoms with E-state index in [0.717, 1.165) is 0 Å². The van der Waals surface area contributed by atoms with Crippen LogP contribution in [0.15, 0.2) is 0 Å². The van der Waals surface area contributed by atoms with Crippen LogP contribution in [-0.4, -0.2) is 52.8 Å². The number of aliphatic carboxylic acids is 1. The number of aliphatic hydroxyl groups excluding tert-OH is 1. The molecule has 3 atom stereocenters. The monoisotopic (exact) mass is 248 g/mol. The molecule has 1 fully saturated rings. The molecule has 0 saturated carbocycles. The van der Waals surface area contributed by atoms with Gasteiger partial charge >= 0.3 is 5.97 Å². The molecule has 2 N–H and O–H groups in total. The highest BCUT2D eigenvalue weighted by atomic mass is 32.2. The molecule has 0 spiro atoms. The number of β-amino-alcohol motifs (C(OH)–C–C–N with tert-alkyl or cyclic N) is 1. The summed E-state index contributed by atoms with van der Waals surface area (Å²) in [5.74, 6) is -1.31. The number of aliphatic hydroxyl groups is 1. The first-order valence-electron chi connectivity index (χ1n) is 4.62. The second kappa shape index (κ2) is 4.37. The molecule has 3 unspecified atom stereocenters. The largest absolute Gasteiger partial charge is 0.480 e. The second-order valence-corrected chi connectivity index (χ2v) is 5.84. The third kappa shape index (κ3) is 2.16. The number of hydrogen-bond donors (Lipinski definition) is 2. The average molecular weight is 248 g/mol. The molecular formula is C8H12N2O5S. The summed E-state index contributed by atoms with van der Waals surface area (Å²) >= 11 is 0. The van der Waals surface area contributed by atoms with Gasteiger partial charge in [-0.3, -0.25) is 4.79 Å². The summed E-state index contributed by atoms with van der Waals surface area (Å²) < 4.78 is 24.2. The summed E-state index contributed by atoms with van der Waals surface area (Å²) in [4.78, 5) is 10.8. The number of carbonyl (C=O) groups is 1. The van der Waals surface area contributed by atoms with Gasteiger partial charge in [-0.25, -0.2) is 8.42 Å². The molecule has 16 heavy (non-hydrogen) atoms. The van der Waals surface area contributed by atoms with Gasteiger partial charge in [-0.2, -0.15) is 9.57 Å². The fraction of sp³-hybridized carbons (Fsp3) is 0.750. The lowest BCUT2D eigenvalue weighted by Crippen LogP contribution is -2.44. The van der Waals surface area contributed by atoms with Gasteiger partial charge < -0.3 is 10.2 Å². The van der Waals surface area contributed by atoms with E-state index < -0.39 is 33.4 Å². The Kier molecular flexibility index (Phi) is 3.52. The SMILES string of the molecule is CC(C#N)S(=O)(=O)N1CC(O)CC1C(=O)O. The lowest BCUT2D eigenvalue weighted by atomic mass is 10.2. The Hall–Kier alpha value is -1.17. The van der Waals surface area contributed by atoms with E-state index >= 15 is 0 Å².